The normalized spacial score (nSPS) is 10.5. The molecule has 3 rings (SSSR count). The molecular weight excluding hydrogens is 342 g/mol. The molecule has 0 aliphatic carbocycles. The standard InChI is InChI=1S/C17H14BrN3O/c1-11-7-8-14(13(18)10-11)20-17(22)21-15-6-2-4-12-5-3-9-19-16(12)15/h2-10H,1H3,(H2,20,21,22). The predicted octanol–water partition coefficient (Wildman–Crippen LogP) is 4.95. The van der Waals surface area contributed by atoms with Crippen molar-refractivity contribution in [3.63, 3.8) is 0 Å². The van der Waals surface area contributed by atoms with Gasteiger partial charge in [0.25, 0.3) is 0 Å². The number of aromatic nitrogens is 1. The number of pyridine rings is 1. The Labute approximate surface area is 136 Å². The number of carbonyl (C=O) groups is 1. The van der Waals surface area contributed by atoms with Crippen LogP contribution in [0.3, 0.4) is 0 Å². The molecule has 2 amide bonds. The third kappa shape index (κ3) is 3.09. The van der Waals surface area contributed by atoms with Crippen molar-refractivity contribution < 1.29 is 4.79 Å². The molecule has 1 heterocycles. The highest BCUT2D eigenvalue weighted by atomic mass is 79.9. The Morgan fingerprint density at radius 1 is 1.05 bits per heavy atom. The molecule has 5 heteroatoms. The van der Waals surface area contributed by atoms with Gasteiger partial charge in [-0.25, -0.2) is 4.79 Å². The number of urea groups is 1. The van der Waals surface area contributed by atoms with Gasteiger partial charge in [-0.15, -0.1) is 0 Å². The largest absolute Gasteiger partial charge is 0.323 e. The fraction of sp³-hybridized carbons (Fsp3) is 0.0588. The number of nitrogens with one attached hydrogen (secondary N) is 2. The van der Waals surface area contributed by atoms with Crippen molar-refractivity contribution in [2.24, 2.45) is 0 Å². The summed E-state index contributed by atoms with van der Waals surface area (Å²) < 4.78 is 0.846. The molecule has 0 spiro atoms. The Morgan fingerprint density at radius 2 is 1.82 bits per heavy atom. The summed E-state index contributed by atoms with van der Waals surface area (Å²) in [6.45, 7) is 2.00. The maximum absolute atomic E-state index is 12.2. The van der Waals surface area contributed by atoms with Crippen molar-refractivity contribution in [1.29, 1.82) is 0 Å². The van der Waals surface area contributed by atoms with Crippen molar-refractivity contribution in [3.05, 3.63) is 64.8 Å². The van der Waals surface area contributed by atoms with Crippen LogP contribution in [-0.2, 0) is 0 Å². The van der Waals surface area contributed by atoms with Crippen LogP contribution in [0.25, 0.3) is 10.9 Å². The number of rotatable bonds is 2. The van der Waals surface area contributed by atoms with E-state index in [1.807, 2.05) is 55.5 Å². The summed E-state index contributed by atoms with van der Waals surface area (Å²) in [4.78, 5) is 16.5. The molecular formula is C17H14BrN3O. The van der Waals surface area contributed by atoms with Gasteiger partial charge in [0.2, 0.25) is 0 Å². The number of anilines is 2. The predicted molar refractivity (Wildman–Crippen MR) is 93.3 cm³/mol. The van der Waals surface area contributed by atoms with Crippen molar-refractivity contribution in [2.75, 3.05) is 10.6 Å². The molecule has 110 valence electrons. The molecule has 0 fully saturated rings. The summed E-state index contributed by atoms with van der Waals surface area (Å²) in [6, 6.07) is 15.0. The Kier molecular flexibility index (Phi) is 4.06. The van der Waals surface area contributed by atoms with Crippen LogP contribution in [-0.4, -0.2) is 11.0 Å². The van der Waals surface area contributed by atoms with Crippen molar-refractivity contribution in [1.82, 2.24) is 4.98 Å². The fourth-order valence-electron chi connectivity index (χ4n) is 2.20. The number of para-hydroxylation sites is 1. The number of carbonyl (C=O) groups excluding carboxylic acids is 1. The second-order valence-corrected chi connectivity index (χ2v) is 5.80. The van der Waals surface area contributed by atoms with E-state index in [1.165, 1.54) is 0 Å². The topological polar surface area (TPSA) is 54.0 Å². The van der Waals surface area contributed by atoms with Crippen LogP contribution in [0, 0.1) is 6.92 Å². The van der Waals surface area contributed by atoms with Gasteiger partial charge in [0.15, 0.2) is 0 Å². The zero-order valence-corrected chi connectivity index (χ0v) is 13.5. The van der Waals surface area contributed by atoms with Crippen LogP contribution >= 0.6 is 15.9 Å². The molecule has 0 saturated carbocycles. The third-order valence-corrected chi connectivity index (χ3v) is 3.91. The lowest BCUT2D eigenvalue weighted by molar-refractivity contribution is 0.262. The average molecular weight is 356 g/mol. The highest BCUT2D eigenvalue weighted by Crippen LogP contribution is 2.24. The first-order valence-corrected chi connectivity index (χ1v) is 7.61. The van der Waals surface area contributed by atoms with E-state index in [1.54, 1.807) is 6.20 Å². The van der Waals surface area contributed by atoms with Crippen LogP contribution in [0.4, 0.5) is 16.2 Å². The number of hydrogen-bond acceptors (Lipinski definition) is 2. The molecule has 0 atom stereocenters. The summed E-state index contributed by atoms with van der Waals surface area (Å²) >= 11 is 3.45. The number of hydrogen-bond donors (Lipinski definition) is 2. The highest BCUT2D eigenvalue weighted by Gasteiger charge is 2.08. The van der Waals surface area contributed by atoms with Crippen molar-refractivity contribution >= 4 is 44.2 Å². The minimum atomic E-state index is -0.303. The second-order valence-electron chi connectivity index (χ2n) is 4.94. The van der Waals surface area contributed by atoms with Crippen LogP contribution in [0.15, 0.2) is 59.2 Å². The molecule has 0 saturated heterocycles. The van der Waals surface area contributed by atoms with E-state index in [4.69, 9.17) is 0 Å². The van der Waals surface area contributed by atoms with Gasteiger partial charge < -0.3 is 10.6 Å². The Balaban J connectivity index is 1.81. The second kappa shape index (κ2) is 6.15. The van der Waals surface area contributed by atoms with E-state index in [9.17, 15) is 4.79 Å². The zero-order valence-electron chi connectivity index (χ0n) is 11.9. The van der Waals surface area contributed by atoms with Crippen molar-refractivity contribution in [3.8, 4) is 0 Å². The minimum absolute atomic E-state index is 0.303. The zero-order chi connectivity index (χ0) is 15.5. The van der Waals surface area contributed by atoms with E-state index in [2.05, 4.69) is 31.5 Å². The number of amides is 2. The molecule has 2 aromatic carbocycles. The molecule has 22 heavy (non-hydrogen) atoms. The van der Waals surface area contributed by atoms with Crippen molar-refractivity contribution in [2.45, 2.75) is 6.92 Å². The summed E-state index contributed by atoms with van der Waals surface area (Å²) in [5.74, 6) is 0. The van der Waals surface area contributed by atoms with Gasteiger partial charge in [0.05, 0.1) is 16.9 Å². The maximum atomic E-state index is 12.2. The lowest BCUT2D eigenvalue weighted by atomic mass is 10.2. The highest BCUT2D eigenvalue weighted by molar-refractivity contribution is 9.10. The van der Waals surface area contributed by atoms with Gasteiger partial charge in [0.1, 0.15) is 0 Å². The fourth-order valence-corrected chi connectivity index (χ4v) is 2.79. The molecule has 0 aliphatic rings. The average Bonchev–Trinajstić information content (AvgIpc) is 2.50. The SMILES string of the molecule is Cc1ccc(NC(=O)Nc2cccc3cccnc23)c(Br)c1. The summed E-state index contributed by atoms with van der Waals surface area (Å²) in [7, 11) is 0. The van der Waals surface area contributed by atoms with Crippen LogP contribution in [0.2, 0.25) is 0 Å². The lowest BCUT2D eigenvalue weighted by Gasteiger charge is -2.11. The number of benzene rings is 2. The molecule has 3 aromatic rings. The molecule has 0 unspecified atom stereocenters. The van der Waals surface area contributed by atoms with Gasteiger partial charge in [0, 0.05) is 16.1 Å². The first kappa shape index (κ1) is 14.5. The van der Waals surface area contributed by atoms with Gasteiger partial charge >= 0.3 is 6.03 Å². The number of fused-ring (bicyclic) bond motifs is 1. The van der Waals surface area contributed by atoms with Gasteiger partial charge in [-0.1, -0.05) is 24.3 Å². The minimum Gasteiger partial charge on any atom is -0.307 e. The van der Waals surface area contributed by atoms with E-state index in [-0.39, 0.29) is 6.03 Å². The summed E-state index contributed by atoms with van der Waals surface area (Å²) in [6.07, 6.45) is 1.71. The number of halogens is 1. The van der Waals surface area contributed by atoms with Gasteiger partial charge in [-0.3, -0.25) is 4.98 Å². The number of nitrogens with zero attached hydrogens (tertiary/aromatic N) is 1. The maximum Gasteiger partial charge on any atom is 0.323 e. The molecule has 0 radical (unpaired) electrons. The first-order chi connectivity index (χ1) is 10.6. The summed E-state index contributed by atoms with van der Waals surface area (Å²) in [5.41, 5.74) is 3.29. The van der Waals surface area contributed by atoms with Gasteiger partial charge in [-0.2, -0.15) is 0 Å². The summed E-state index contributed by atoms with van der Waals surface area (Å²) in [5, 5.41) is 6.65. The molecule has 2 N–H and O–H groups in total. The first-order valence-electron chi connectivity index (χ1n) is 6.81. The Morgan fingerprint density at radius 3 is 2.64 bits per heavy atom. The molecule has 1 aromatic heterocycles. The van der Waals surface area contributed by atoms with Crippen LogP contribution in [0.1, 0.15) is 5.56 Å². The Bertz CT molecular complexity index is 843. The molecule has 0 aliphatic heterocycles. The molecule has 0 bridgehead atoms. The van der Waals surface area contributed by atoms with Crippen LogP contribution in [0.5, 0.6) is 0 Å². The lowest BCUT2D eigenvalue weighted by Crippen LogP contribution is -2.20. The monoisotopic (exact) mass is 355 g/mol. The van der Waals surface area contributed by atoms with E-state index < -0.39 is 0 Å². The number of aryl methyl sites for hydroxylation is 1. The third-order valence-electron chi connectivity index (χ3n) is 3.25. The quantitative estimate of drug-likeness (QED) is 0.683. The van der Waals surface area contributed by atoms with E-state index in [0.29, 0.717) is 5.69 Å². The van der Waals surface area contributed by atoms with Crippen LogP contribution < -0.4 is 10.6 Å². The van der Waals surface area contributed by atoms with Gasteiger partial charge in [-0.05, 0) is 52.7 Å². The Hall–Kier alpha value is -2.40. The molecule has 4 nitrogen and oxygen atoms in total. The van der Waals surface area contributed by atoms with E-state index >= 15 is 0 Å². The van der Waals surface area contributed by atoms with E-state index in [0.717, 1.165) is 26.6 Å². The smallest absolute Gasteiger partial charge is 0.307 e.